The minimum absolute atomic E-state index is 0.0480. The van der Waals surface area contributed by atoms with Crippen LogP contribution in [0.2, 0.25) is 10.0 Å². The molecule has 0 saturated carbocycles. The SMILES string of the molecule is O=C(Nc1cccc(Cl)c1)n1c(=S)oc2ccc(Cl)cc21. The molecular weight excluding hydrogens is 331 g/mol. The first-order chi connectivity index (χ1) is 10.0. The van der Waals surface area contributed by atoms with Crippen molar-refractivity contribution in [3.05, 3.63) is 57.3 Å². The second-order valence-electron chi connectivity index (χ2n) is 4.26. The summed E-state index contributed by atoms with van der Waals surface area (Å²) in [6.07, 6.45) is 0. The highest BCUT2D eigenvalue weighted by Gasteiger charge is 2.14. The molecule has 7 heteroatoms. The Bertz CT molecular complexity index is 901. The zero-order chi connectivity index (χ0) is 15.0. The van der Waals surface area contributed by atoms with Crippen molar-refractivity contribution in [2.24, 2.45) is 0 Å². The van der Waals surface area contributed by atoms with E-state index in [1.165, 1.54) is 4.57 Å². The predicted octanol–water partition coefficient (Wildman–Crippen LogP) is 5.35. The standard InChI is InChI=1S/C14H8Cl2N2O2S/c15-8-2-1-3-10(6-8)17-13(19)18-11-7-9(16)4-5-12(11)20-14(18)21/h1-7H,(H,17,19). The molecule has 1 heterocycles. The fraction of sp³-hybridized carbons (Fsp3) is 0. The molecule has 0 spiro atoms. The first-order valence-electron chi connectivity index (χ1n) is 5.92. The summed E-state index contributed by atoms with van der Waals surface area (Å²) in [6.45, 7) is 0. The van der Waals surface area contributed by atoms with Gasteiger partial charge in [-0.2, -0.15) is 0 Å². The van der Waals surface area contributed by atoms with Gasteiger partial charge in [-0.1, -0.05) is 29.3 Å². The van der Waals surface area contributed by atoms with Crippen LogP contribution in [0, 0.1) is 4.84 Å². The van der Waals surface area contributed by atoms with E-state index in [1.54, 1.807) is 42.5 Å². The van der Waals surface area contributed by atoms with Gasteiger partial charge in [0.25, 0.3) is 4.84 Å². The number of anilines is 1. The molecule has 4 nitrogen and oxygen atoms in total. The van der Waals surface area contributed by atoms with E-state index in [9.17, 15) is 4.79 Å². The average Bonchev–Trinajstić information content (AvgIpc) is 2.74. The zero-order valence-electron chi connectivity index (χ0n) is 10.5. The van der Waals surface area contributed by atoms with Crippen LogP contribution in [0.1, 0.15) is 0 Å². The molecule has 0 unspecified atom stereocenters. The number of carbonyl (C=O) groups excluding carboxylic acids is 1. The highest BCUT2D eigenvalue weighted by molar-refractivity contribution is 7.71. The number of halogens is 2. The van der Waals surface area contributed by atoms with Gasteiger partial charge in [-0.3, -0.25) is 0 Å². The molecule has 0 bridgehead atoms. The zero-order valence-corrected chi connectivity index (χ0v) is 12.8. The van der Waals surface area contributed by atoms with Crippen molar-refractivity contribution in [2.75, 3.05) is 5.32 Å². The lowest BCUT2D eigenvalue weighted by Gasteiger charge is -2.06. The molecule has 1 aromatic heterocycles. The Morgan fingerprint density at radius 1 is 1.14 bits per heavy atom. The summed E-state index contributed by atoms with van der Waals surface area (Å²) in [5.74, 6) is 0. The van der Waals surface area contributed by atoms with Crippen LogP contribution >= 0.6 is 35.4 Å². The van der Waals surface area contributed by atoms with Gasteiger partial charge in [-0.25, -0.2) is 9.36 Å². The summed E-state index contributed by atoms with van der Waals surface area (Å²) in [5.41, 5.74) is 1.56. The molecule has 3 rings (SSSR count). The summed E-state index contributed by atoms with van der Waals surface area (Å²) in [6, 6.07) is 11.3. The number of aromatic nitrogens is 1. The number of oxazole rings is 1. The van der Waals surface area contributed by atoms with Crippen molar-refractivity contribution in [1.82, 2.24) is 4.57 Å². The van der Waals surface area contributed by atoms with Crippen molar-refractivity contribution in [3.63, 3.8) is 0 Å². The molecule has 0 atom stereocenters. The van der Waals surface area contributed by atoms with Crippen molar-refractivity contribution in [3.8, 4) is 0 Å². The molecule has 0 aliphatic carbocycles. The lowest BCUT2D eigenvalue weighted by molar-refractivity contribution is 0.253. The van der Waals surface area contributed by atoms with E-state index >= 15 is 0 Å². The summed E-state index contributed by atoms with van der Waals surface area (Å²) in [7, 11) is 0. The maximum absolute atomic E-state index is 12.4. The molecule has 2 aromatic carbocycles. The lowest BCUT2D eigenvalue weighted by atomic mass is 10.3. The number of hydrogen-bond donors (Lipinski definition) is 1. The Hall–Kier alpha value is -1.82. The highest BCUT2D eigenvalue weighted by Crippen LogP contribution is 2.22. The monoisotopic (exact) mass is 338 g/mol. The second-order valence-corrected chi connectivity index (χ2v) is 5.48. The van der Waals surface area contributed by atoms with Crippen molar-refractivity contribution in [2.45, 2.75) is 0 Å². The molecule has 21 heavy (non-hydrogen) atoms. The third kappa shape index (κ3) is 2.81. The quantitative estimate of drug-likeness (QED) is 0.608. The highest BCUT2D eigenvalue weighted by atomic mass is 35.5. The fourth-order valence-corrected chi connectivity index (χ4v) is 2.56. The Labute approximate surface area is 134 Å². The Kier molecular flexibility index (Phi) is 3.71. The summed E-state index contributed by atoms with van der Waals surface area (Å²) >= 11 is 16.9. The maximum Gasteiger partial charge on any atom is 0.334 e. The van der Waals surface area contributed by atoms with Crippen LogP contribution in [0.4, 0.5) is 10.5 Å². The van der Waals surface area contributed by atoms with Gasteiger partial charge in [-0.15, -0.1) is 0 Å². The van der Waals surface area contributed by atoms with E-state index in [0.717, 1.165) is 0 Å². The molecule has 106 valence electrons. The third-order valence-electron chi connectivity index (χ3n) is 2.82. The van der Waals surface area contributed by atoms with Gasteiger partial charge in [0.2, 0.25) is 0 Å². The fourth-order valence-electron chi connectivity index (χ4n) is 1.93. The molecule has 0 aliphatic heterocycles. The molecule has 1 amide bonds. The van der Waals surface area contributed by atoms with Crippen LogP contribution in [0.3, 0.4) is 0 Å². The van der Waals surface area contributed by atoms with E-state index in [4.69, 9.17) is 39.8 Å². The molecule has 0 fully saturated rings. The van der Waals surface area contributed by atoms with Crippen molar-refractivity contribution >= 4 is 58.2 Å². The topological polar surface area (TPSA) is 47.2 Å². The van der Waals surface area contributed by atoms with E-state index in [0.29, 0.717) is 26.8 Å². The molecule has 0 saturated heterocycles. The first kappa shape index (κ1) is 14.1. The van der Waals surface area contributed by atoms with Crippen molar-refractivity contribution < 1.29 is 9.21 Å². The van der Waals surface area contributed by atoms with Gasteiger partial charge in [0.15, 0.2) is 5.58 Å². The normalized spacial score (nSPS) is 10.8. The number of fused-ring (bicyclic) bond motifs is 1. The molecular formula is C14H8Cl2N2O2S. The van der Waals surface area contributed by atoms with Crippen LogP contribution in [0.5, 0.6) is 0 Å². The number of benzene rings is 2. The largest absolute Gasteiger partial charge is 0.429 e. The number of amides is 1. The van der Waals surface area contributed by atoms with Gasteiger partial charge < -0.3 is 9.73 Å². The minimum Gasteiger partial charge on any atom is -0.429 e. The smallest absolute Gasteiger partial charge is 0.334 e. The second kappa shape index (κ2) is 5.52. The van der Waals surface area contributed by atoms with Gasteiger partial charge >= 0.3 is 6.03 Å². The van der Waals surface area contributed by atoms with E-state index in [1.807, 2.05) is 0 Å². The number of carbonyl (C=O) groups is 1. The number of nitrogens with one attached hydrogen (secondary N) is 1. The Balaban J connectivity index is 2.04. The van der Waals surface area contributed by atoms with Crippen LogP contribution in [0.15, 0.2) is 46.9 Å². The van der Waals surface area contributed by atoms with Crippen molar-refractivity contribution in [1.29, 1.82) is 0 Å². The molecule has 1 N–H and O–H groups in total. The summed E-state index contributed by atoms with van der Waals surface area (Å²) < 4.78 is 6.62. The van der Waals surface area contributed by atoms with Gasteiger partial charge in [-0.05, 0) is 48.6 Å². The number of nitrogens with zero attached hydrogens (tertiary/aromatic N) is 1. The molecule has 0 radical (unpaired) electrons. The van der Waals surface area contributed by atoms with Gasteiger partial charge in [0.1, 0.15) is 0 Å². The number of rotatable bonds is 1. The lowest BCUT2D eigenvalue weighted by Crippen LogP contribution is -2.19. The minimum atomic E-state index is -0.441. The van der Waals surface area contributed by atoms with E-state index in [2.05, 4.69) is 5.32 Å². The molecule has 3 aromatic rings. The third-order valence-corrected chi connectivity index (χ3v) is 3.56. The van der Waals surface area contributed by atoms with Crippen LogP contribution in [-0.2, 0) is 0 Å². The first-order valence-corrected chi connectivity index (χ1v) is 7.09. The van der Waals surface area contributed by atoms with Crippen LogP contribution in [0.25, 0.3) is 11.1 Å². The Morgan fingerprint density at radius 3 is 2.67 bits per heavy atom. The average molecular weight is 339 g/mol. The summed E-state index contributed by atoms with van der Waals surface area (Å²) in [5, 5.41) is 3.72. The molecule has 0 aliphatic rings. The number of hydrogen-bond acceptors (Lipinski definition) is 3. The van der Waals surface area contributed by atoms with E-state index in [-0.39, 0.29) is 4.84 Å². The van der Waals surface area contributed by atoms with Crippen LogP contribution in [-0.4, -0.2) is 10.6 Å². The summed E-state index contributed by atoms with van der Waals surface area (Å²) in [4.78, 5) is 12.4. The van der Waals surface area contributed by atoms with Gasteiger partial charge in [0.05, 0.1) is 5.52 Å². The maximum atomic E-state index is 12.4. The Morgan fingerprint density at radius 2 is 1.90 bits per heavy atom. The van der Waals surface area contributed by atoms with Gasteiger partial charge in [0, 0.05) is 15.7 Å². The van der Waals surface area contributed by atoms with E-state index < -0.39 is 6.03 Å². The predicted molar refractivity (Wildman–Crippen MR) is 85.9 cm³/mol. The van der Waals surface area contributed by atoms with Crippen LogP contribution < -0.4 is 5.32 Å².